The van der Waals surface area contributed by atoms with Crippen molar-refractivity contribution in [2.75, 3.05) is 0 Å². The van der Waals surface area contributed by atoms with E-state index < -0.39 is 0 Å². The van der Waals surface area contributed by atoms with Gasteiger partial charge in [-0.25, -0.2) is 18.3 Å². The molecule has 52 heavy (non-hydrogen) atoms. The molecule has 0 aromatic carbocycles. The quantitative estimate of drug-likeness (QED) is 0.216. The minimum Gasteiger partial charge on any atom is -0.374 e. The van der Waals surface area contributed by atoms with Crippen LogP contribution in [0.3, 0.4) is 0 Å². The number of pyridine rings is 4. The Morgan fingerprint density at radius 3 is 1.12 bits per heavy atom. The zero-order valence-electron chi connectivity index (χ0n) is 29.8. The van der Waals surface area contributed by atoms with E-state index in [1.807, 2.05) is 0 Å². The summed E-state index contributed by atoms with van der Waals surface area (Å²) < 4.78 is 8.30. The van der Waals surface area contributed by atoms with E-state index in [1.54, 1.807) is 0 Å². The molecule has 9 heterocycles. The fraction of sp³-hybridized carbons (Fsp3) is 0.136. The summed E-state index contributed by atoms with van der Waals surface area (Å²) in [5, 5.41) is 10.1. The molecular weight excluding hydrogens is 641 g/mol. The summed E-state index contributed by atoms with van der Waals surface area (Å²) in [4.78, 5) is 7.79. The van der Waals surface area contributed by atoms with Crippen LogP contribution >= 0.6 is 0 Å². The van der Waals surface area contributed by atoms with Crippen LogP contribution in [0.2, 0.25) is 0 Å². The molecule has 0 amide bonds. The first-order valence-electron chi connectivity index (χ1n) is 17.7. The molecule has 6 aromatic rings. The number of aromatic amines is 2. The maximum absolute atomic E-state index is 3.95. The fourth-order valence-electron chi connectivity index (χ4n) is 7.57. The fourth-order valence-corrected chi connectivity index (χ4v) is 7.57. The molecule has 8 bridgehead atoms. The summed E-state index contributed by atoms with van der Waals surface area (Å²) in [6.45, 7) is 0. The van der Waals surface area contributed by atoms with Crippen LogP contribution in [-0.2, 0) is 28.2 Å². The number of fused-ring (bicyclic) bond motifs is 8. The van der Waals surface area contributed by atoms with Gasteiger partial charge in [-0.15, -0.1) is 0 Å². The van der Waals surface area contributed by atoms with Gasteiger partial charge in [-0.1, -0.05) is 12.2 Å². The lowest BCUT2D eigenvalue weighted by molar-refractivity contribution is -0.671. The topological polar surface area (TPSA) is 71.2 Å². The molecule has 0 aliphatic carbocycles. The van der Waals surface area contributed by atoms with Gasteiger partial charge < -0.3 is 20.6 Å². The molecule has 0 spiro atoms. The highest BCUT2D eigenvalue weighted by Crippen LogP contribution is 2.34. The molecule has 3 aliphatic heterocycles. The van der Waals surface area contributed by atoms with Crippen molar-refractivity contribution >= 4 is 22.3 Å². The molecule has 9 rings (SSSR count). The lowest BCUT2D eigenvalue weighted by Gasteiger charge is -2.19. The number of nitrogens with one attached hydrogen (secondary N) is 4. The van der Waals surface area contributed by atoms with Crippen molar-refractivity contribution in [3.63, 3.8) is 0 Å². The molecule has 0 saturated carbocycles. The van der Waals surface area contributed by atoms with Crippen molar-refractivity contribution in [1.29, 1.82) is 0 Å². The summed E-state index contributed by atoms with van der Waals surface area (Å²) in [6.07, 6.45) is 25.9. The SMILES string of the molecule is C[n+]1ccc(/C2=C3\C=CC(N3)/C(c3cc[n+](C)cc3)=c3/cc/c([nH]3)=C(\c3cc[n+](C)cc3)C3C=C/C(=C(\c4cc[n+](C)cc4)c4ccc2[nH]4)N3)cc1. The first kappa shape index (κ1) is 31.4. The summed E-state index contributed by atoms with van der Waals surface area (Å²) in [5.41, 5.74) is 13.4. The van der Waals surface area contributed by atoms with Crippen molar-refractivity contribution in [1.82, 2.24) is 20.6 Å². The molecule has 2 unspecified atom stereocenters. The standard InChI is InChI=1S/C44H39N8/c1-49-21-13-29(14-22-49)41-33-5-7-35(45-33)42(30-15-23-50(2)24-16-30)37-9-11-39(47-37)44(32-19-27-52(4)28-20-32)40-12-10-38(48-40)43(36-8-6-34(41)46-36)31-17-25-51(3)26-18-31/h5-28,33,38,47H,1-4H3/q+1/p+3. The zero-order chi connectivity index (χ0) is 35.3. The van der Waals surface area contributed by atoms with Crippen molar-refractivity contribution in [3.05, 3.63) is 202 Å². The van der Waals surface area contributed by atoms with Gasteiger partial charge in [0.15, 0.2) is 49.6 Å². The van der Waals surface area contributed by atoms with Gasteiger partial charge in [0.25, 0.3) is 0 Å². The van der Waals surface area contributed by atoms with Crippen LogP contribution in [-0.4, -0.2) is 22.1 Å². The van der Waals surface area contributed by atoms with Crippen LogP contribution in [0.5, 0.6) is 0 Å². The van der Waals surface area contributed by atoms with Crippen LogP contribution in [0.1, 0.15) is 33.6 Å². The third-order valence-corrected chi connectivity index (χ3v) is 10.3. The second-order valence-electron chi connectivity index (χ2n) is 13.9. The van der Waals surface area contributed by atoms with Crippen LogP contribution < -0.4 is 39.6 Å². The predicted octanol–water partition coefficient (Wildman–Crippen LogP) is 2.33. The molecule has 8 nitrogen and oxygen atoms in total. The highest BCUT2D eigenvalue weighted by Gasteiger charge is 2.28. The van der Waals surface area contributed by atoms with E-state index >= 15 is 0 Å². The molecule has 6 aromatic heterocycles. The molecule has 2 atom stereocenters. The van der Waals surface area contributed by atoms with Crippen LogP contribution in [0, 0.1) is 0 Å². The second-order valence-corrected chi connectivity index (χ2v) is 13.9. The summed E-state index contributed by atoms with van der Waals surface area (Å²) in [6, 6.07) is 26.3. The van der Waals surface area contributed by atoms with Gasteiger partial charge in [-0.3, -0.25) is 0 Å². The van der Waals surface area contributed by atoms with Gasteiger partial charge in [0.05, 0.1) is 12.1 Å². The molecule has 0 saturated heterocycles. The average Bonchev–Trinajstić information content (AvgIpc) is 3.99. The minimum atomic E-state index is -0.0674. The number of aromatic nitrogens is 6. The number of allylic oxidation sites excluding steroid dienone is 2. The maximum atomic E-state index is 3.95. The van der Waals surface area contributed by atoms with E-state index in [0.29, 0.717) is 0 Å². The van der Waals surface area contributed by atoms with Crippen molar-refractivity contribution in [2.45, 2.75) is 12.1 Å². The average molecular weight is 683 g/mol. The Morgan fingerprint density at radius 2 is 0.750 bits per heavy atom. The number of hydrogen-bond donors (Lipinski definition) is 4. The summed E-state index contributed by atoms with van der Waals surface area (Å²) in [5.74, 6) is 0. The van der Waals surface area contributed by atoms with Gasteiger partial charge in [0.1, 0.15) is 28.2 Å². The lowest BCUT2D eigenvalue weighted by Crippen LogP contribution is -2.33. The van der Waals surface area contributed by atoms with E-state index in [-0.39, 0.29) is 12.1 Å². The Labute approximate surface area is 303 Å². The Morgan fingerprint density at radius 1 is 0.404 bits per heavy atom. The smallest absolute Gasteiger partial charge is 0.169 e. The Hall–Kier alpha value is -6.54. The van der Waals surface area contributed by atoms with Gasteiger partial charge in [-0.05, 0) is 58.7 Å². The second kappa shape index (κ2) is 12.7. The third kappa shape index (κ3) is 5.68. The highest BCUT2D eigenvalue weighted by molar-refractivity contribution is 5.88. The zero-order valence-corrected chi connectivity index (χ0v) is 29.8. The van der Waals surface area contributed by atoms with Crippen molar-refractivity contribution in [3.8, 4) is 0 Å². The van der Waals surface area contributed by atoms with Gasteiger partial charge >= 0.3 is 0 Å². The Kier molecular flexibility index (Phi) is 7.65. The van der Waals surface area contributed by atoms with Crippen LogP contribution in [0.25, 0.3) is 22.3 Å². The summed E-state index contributed by atoms with van der Waals surface area (Å²) >= 11 is 0. The highest BCUT2D eigenvalue weighted by atomic mass is 15.0. The lowest BCUT2D eigenvalue weighted by atomic mass is 9.99. The number of hydrogen-bond acceptors (Lipinski definition) is 2. The van der Waals surface area contributed by atoms with E-state index in [4.69, 9.17) is 0 Å². The van der Waals surface area contributed by atoms with Gasteiger partial charge in [0, 0.05) is 104 Å². The predicted molar refractivity (Wildman–Crippen MR) is 200 cm³/mol. The molecule has 8 heteroatoms. The van der Waals surface area contributed by atoms with Crippen LogP contribution in [0.4, 0.5) is 0 Å². The molecule has 0 fully saturated rings. The monoisotopic (exact) mass is 682 g/mol. The minimum absolute atomic E-state index is 0.0674. The largest absolute Gasteiger partial charge is 0.374 e. The normalized spacial score (nSPS) is 22.8. The first-order valence-corrected chi connectivity index (χ1v) is 17.7. The van der Waals surface area contributed by atoms with E-state index in [2.05, 4.69) is 214 Å². The van der Waals surface area contributed by atoms with E-state index in [1.165, 1.54) is 11.1 Å². The molecule has 4 N–H and O–H groups in total. The van der Waals surface area contributed by atoms with E-state index in [0.717, 1.165) is 66.9 Å². The Bertz CT molecular complexity index is 2400. The van der Waals surface area contributed by atoms with Crippen molar-refractivity contribution < 1.29 is 18.3 Å². The van der Waals surface area contributed by atoms with Crippen molar-refractivity contribution in [2.24, 2.45) is 28.2 Å². The molecule has 0 radical (unpaired) electrons. The van der Waals surface area contributed by atoms with Gasteiger partial charge in [-0.2, -0.15) is 0 Å². The third-order valence-electron chi connectivity index (χ3n) is 10.3. The number of H-pyrrole nitrogens is 2. The molecular formula is C44H42N8+4. The van der Waals surface area contributed by atoms with Gasteiger partial charge in [0.2, 0.25) is 0 Å². The molecule has 3 aliphatic rings. The Balaban J connectivity index is 1.35. The number of aryl methyl sites for hydroxylation is 4. The summed E-state index contributed by atoms with van der Waals surface area (Å²) in [7, 11) is 8.22. The first-order chi connectivity index (χ1) is 25.4. The molecule has 254 valence electrons. The number of nitrogens with zero attached hydrogens (tertiary/aromatic N) is 4. The maximum Gasteiger partial charge on any atom is 0.169 e. The van der Waals surface area contributed by atoms with E-state index in [9.17, 15) is 0 Å². The van der Waals surface area contributed by atoms with Crippen LogP contribution in [0.15, 0.2) is 158 Å². The number of rotatable bonds is 4.